The third-order valence-corrected chi connectivity index (χ3v) is 8.22. The van der Waals surface area contributed by atoms with Gasteiger partial charge in [-0.05, 0) is 63.5 Å². The van der Waals surface area contributed by atoms with Crippen molar-refractivity contribution in [2.45, 2.75) is 58.3 Å². The summed E-state index contributed by atoms with van der Waals surface area (Å²) in [5, 5.41) is 2.70. The van der Waals surface area contributed by atoms with Gasteiger partial charge in [-0.15, -0.1) is 0 Å². The van der Waals surface area contributed by atoms with Crippen LogP contribution in [0, 0.1) is 5.82 Å². The number of ether oxygens (including phenoxy) is 1. The Kier molecular flexibility index (Phi) is 9.32. The summed E-state index contributed by atoms with van der Waals surface area (Å²) in [7, 11) is -3.93. The van der Waals surface area contributed by atoms with Crippen molar-refractivity contribution in [3.63, 3.8) is 0 Å². The van der Waals surface area contributed by atoms with Gasteiger partial charge in [0.2, 0.25) is 21.8 Å². The van der Waals surface area contributed by atoms with Gasteiger partial charge in [-0.3, -0.25) is 9.59 Å². The van der Waals surface area contributed by atoms with Crippen LogP contribution in [0.2, 0.25) is 0 Å². The highest BCUT2D eigenvalue weighted by Crippen LogP contribution is 2.38. The Morgan fingerprint density at radius 1 is 1.13 bits per heavy atom. The number of nitrogens with one attached hydrogen (secondary N) is 2. The van der Waals surface area contributed by atoms with Crippen LogP contribution >= 0.6 is 0 Å². The number of sulfonamides is 1. The molecule has 0 aromatic heterocycles. The van der Waals surface area contributed by atoms with Gasteiger partial charge in [-0.2, -0.15) is 0 Å². The van der Waals surface area contributed by atoms with Crippen LogP contribution in [-0.2, 0) is 31.0 Å². The first-order valence-corrected chi connectivity index (χ1v) is 14.2. The van der Waals surface area contributed by atoms with E-state index >= 15 is 0 Å². The number of benzene rings is 2. The van der Waals surface area contributed by atoms with E-state index in [1.165, 1.54) is 43.0 Å². The monoisotopic (exact) mass is 560 g/mol. The van der Waals surface area contributed by atoms with Gasteiger partial charge in [0.1, 0.15) is 11.9 Å². The fourth-order valence-electron chi connectivity index (χ4n) is 4.24. The molecule has 1 aliphatic rings. The Hall–Kier alpha value is -3.12. The first kappa shape index (κ1) is 30.4. The Labute approximate surface area is 229 Å². The summed E-state index contributed by atoms with van der Waals surface area (Å²) < 4.78 is 48.3. The molecule has 2 aromatic carbocycles. The van der Waals surface area contributed by atoms with E-state index in [0.29, 0.717) is 11.1 Å². The molecular formula is C28H37FN4O5S. The molecule has 0 unspecified atom stereocenters. The Morgan fingerprint density at radius 3 is 2.31 bits per heavy atom. The zero-order valence-corrected chi connectivity index (χ0v) is 23.8. The molecule has 3 rings (SSSR count). The molecule has 1 aliphatic heterocycles. The average molecular weight is 561 g/mol. The highest BCUT2D eigenvalue weighted by molar-refractivity contribution is 7.99. The maximum atomic E-state index is 13.8. The average Bonchev–Trinajstić information content (AvgIpc) is 3.04. The quantitative estimate of drug-likeness (QED) is 0.387. The minimum absolute atomic E-state index is 0.00255. The summed E-state index contributed by atoms with van der Waals surface area (Å²) in [4.78, 5) is 28.0. The fraction of sp³-hybridized carbons (Fsp3) is 0.429. The normalized spacial score (nSPS) is 17.1. The van der Waals surface area contributed by atoms with Crippen molar-refractivity contribution in [3.05, 3.63) is 77.1 Å². The van der Waals surface area contributed by atoms with Crippen molar-refractivity contribution < 1.29 is 27.1 Å². The largest absolute Gasteiger partial charge is 0.374 e. The van der Waals surface area contributed by atoms with Gasteiger partial charge in [0, 0.05) is 13.1 Å². The fourth-order valence-corrected chi connectivity index (χ4v) is 6.23. The second-order valence-corrected chi connectivity index (χ2v) is 12.3. The number of likely N-dealkylation sites (N-methyl/N-ethyl adjacent to an activating group) is 1. The van der Waals surface area contributed by atoms with Gasteiger partial charge in [-0.25, -0.2) is 17.5 Å². The molecule has 11 heteroatoms. The lowest BCUT2D eigenvalue weighted by molar-refractivity contribution is -0.139. The molecule has 212 valence electrons. The molecule has 0 fully saturated rings. The van der Waals surface area contributed by atoms with Crippen molar-refractivity contribution in [2.24, 2.45) is 5.73 Å². The molecule has 1 atom stereocenters. The third-order valence-electron chi connectivity index (χ3n) is 6.42. The minimum Gasteiger partial charge on any atom is -0.374 e. The third kappa shape index (κ3) is 7.51. The second-order valence-electron chi connectivity index (χ2n) is 10.6. The molecule has 1 heterocycles. The van der Waals surface area contributed by atoms with Crippen LogP contribution in [0.5, 0.6) is 0 Å². The summed E-state index contributed by atoms with van der Waals surface area (Å²) in [5.74, 6) is -1.48. The topological polar surface area (TPSA) is 131 Å². The molecule has 2 amide bonds. The number of halogens is 1. The molecule has 0 bridgehead atoms. The van der Waals surface area contributed by atoms with Crippen molar-refractivity contribution >= 4 is 26.7 Å². The summed E-state index contributed by atoms with van der Waals surface area (Å²) in [6.45, 7) is 8.53. The molecular weight excluding hydrogens is 523 g/mol. The Bertz CT molecular complexity index is 1320. The highest BCUT2D eigenvalue weighted by Gasteiger charge is 2.44. The van der Waals surface area contributed by atoms with Crippen LogP contribution in [0.4, 0.5) is 4.39 Å². The molecule has 0 saturated heterocycles. The molecule has 0 spiro atoms. The van der Waals surface area contributed by atoms with Gasteiger partial charge >= 0.3 is 0 Å². The molecule has 39 heavy (non-hydrogen) atoms. The lowest BCUT2D eigenvalue weighted by Gasteiger charge is -2.32. The van der Waals surface area contributed by atoms with Gasteiger partial charge < -0.3 is 20.7 Å². The van der Waals surface area contributed by atoms with Crippen LogP contribution in [-0.4, -0.2) is 61.9 Å². The van der Waals surface area contributed by atoms with Crippen molar-refractivity contribution in [1.29, 1.82) is 0 Å². The summed E-state index contributed by atoms with van der Waals surface area (Å²) in [6, 6.07) is 13.5. The maximum Gasteiger partial charge on any atom is 0.247 e. The second kappa shape index (κ2) is 12.0. The number of carbonyl (C=O) groups excluding carboxylic acids is 2. The highest BCUT2D eigenvalue weighted by atomic mass is 32.2. The molecule has 4 N–H and O–H groups in total. The summed E-state index contributed by atoms with van der Waals surface area (Å²) in [6.07, 6.45) is 0. The van der Waals surface area contributed by atoms with E-state index in [9.17, 15) is 22.4 Å². The van der Waals surface area contributed by atoms with E-state index in [0.717, 1.165) is 5.56 Å². The van der Waals surface area contributed by atoms with Crippen LogP contribution in [0.15, 0.2) is 60.2 Å². The maximum absolute atomic E-state index is 13.8. The lowest BCUT2D eigenvalue weighted by Crippen LogP contribution is -2.58. The number of nitrogens with zero attached hydrogens (tertiary/aromatic N) is 1. The van der Waals surface area contributed by atoms with Gasteiger partial charge in [-0.1, -0.05) is 42.5 Å². The van der Waals surface area contributed by atoms with Crippen LogP contribution in [0.1, 0.15) is 45.7 Å². The summed E-state index contributed by atoms with van der Waals surface area (Å²) in [5.41, 5.74) is 5.37. The van der Waals surface area contributed by atoms with Gasteiger partial charge in [0.15, 0.2) is 0 Å². The van der Waals surface area contributed by atoms with Crippen molar-refractivity contribution in [2.75, 3.05) is 19.7 Å². The zero-order chi connectivity index (χ0) is 29.0. The number of rotatable bonds is 11. The standard InChI is InChI=1S/C28H37FN4O5S/c1-6-33(16-22-24(20-12-14-21(29)15-13-20)39(36,37)32-28(22,4)5)25(34)23(31-26(35)27(2,3)30)18-38-17-19-10-8-7-9-11-19/h7-15,23,32H,6,16-18,30H2,1-5H3,(H,31,35)/t23-/m1/s1. The first-order chi connectivity index (χ1) is 18.2. The van der Waals surface area contributed by atoms with Crippen LogP contribution in [0.3, 0.4) is 0 Å². The van der Waals surface area contributed by atoms with Crippen LogP contribution < -0.4 is 15.8 Å². The van der Waals surface area contributed by atoms with Crippen LogP contribution in [0.25, 0.3) is 4.91 Å². The zero-order valence-electron chi connectivity index (χ0n) is 23.0. The van der Waals surface area contributed by atoms with E-state index in [1.807, 2.05) is 30.3 Å². The number of hydrogen-bond donors (Lipinski definition) is 3. The van der Waals surface area contributed by atoms with Crippen molar-refractivity contribution in [3.8, 4) is 0 Å². The first-order valence-electron chi connectivity index (χ1n) is 12.7. The molecule has 9 nitrogen and oxygen atoms in total. The van der Waals surface area contributed by atoms with Crippen molar-refractivity contribution in [1.82, 2.24) is 14.9 Å². The minimum atomic E-state index is -3.93. The Morgan fingerprint density at radius 2 is 1.74 bits per heavy atom. The number of nitrogens with two attached hydrogens (primary N) is 1. The van der Waals surface area contributed by atoms with Gasteiger partial charge in [0.25, 0.3) is 0 Å². The predicted octanol–water partition coefficient (Wildman–Crippen LogP) is 2.54. The molecule has 0 aliphatic carbocycles. The molecule has 0 saturated carbocycles. The number of amides is 2. The molecule has 2 aromatic rings. The van der Waals surface area contributed by atoms with E-state index < -0.39 is 44.8 Å². The van der Waals surface area contributed by atoms with E-state index in [1.54, 1.807) is 20.8 Å². The smallest absolute Gasteiger partial charge is 0.247 e. The summed E-state index contributed by atoms with van der Waals surface area (Å²) >= 11 is 0. The van der Waals surface area contributed by atoms with E-state index in [4.69, 9.17) is 10.5 Å². The lowest BCUT2D eigenvalue weighted by atomic mass is 9.92. The molecule has 0 radical (unpaired) electrons. The number of hydrogen-bond acceptors (Lipinski definition) is 6. The SMILES string of the molecule is CCN(CC1=C(c2ccc(F)cc2)S(=O)(=O)NC1(C)C)C(=O)[C@@H](COCc1ccccc1)NC(=O)C(C)(C)N. The van der Waals surface area contributed by atoms with E-state index in [-0.39, 0.29) is 31.2 Å². The Balaban J connectivity index is 1.92. The predicted molar refractivity (Wildman–Crippen MR) is 148 cm³/mol. The van der Waals surface area contributed by atoms with E-state index in [2.05, 4.69) is 10.0 Å². The van der Waals surface area contributed by atoms with Gasteiger partial charge in [0.05, 0.1) is 29.2 Å². The number of carbonyl (C=O) groups is 2.